The highest BCUT2D eigenvalue weighted by Gasteiger charge is 2.22. The maximum atomic E-state index is 13.6. The minimum Gasteiger partial charge on any atom is -0.488 e. The molecule has 29 heavy (non-hydrogen) atoms. The second kappa shape index (κ2) is 9.05. The maximum Gasteiger partial charge on any atom is 0.256 e. The molecule has 0 unspecified atom stereocenters. The van der Waals surface area contributed by atoms with Crippen molar-refractivity contribution in [3.05, 3.63) is 82.1 Å². The molecule has 0 radical (unpaired) electrons. The average Bonchev–Trinajstić information content (AvgIpc) is 2.95. The van der Waals surface area contributed by atoms with Crippen LogP contribution in [0.25, 0.3) is 0 Å². The van der Waals surface area contributed by atoms with Crippen LogP contribution in [-0.2, 0) is 6.54 Å². The summed E-state index contributed by atoms with van der Waals surface area (Å²) < 4.78 is 33.5. The quantitative estimate of drug-likeness (QED) is 0.618. The Bertz CT molecular complexity index is 1010. The van der Waals surface area contributed by atoms with Gasteiger partial charge in [-0.3, -0.25) is 4.79 Å². The number of rotatable bonds is 7. The van der Waals surface area contributed by atoms with Crippen LogP contribution >= 0.6 is 11.6 Å². The molecule has 1 heterocycles. The van der Waals surface area contributed by atoms with Gasteiger partial charge in [-0.2, -0.15) is 5.10 Å². The molecule has 1 aromatic heterocycles. The summed E-state index contributed by atoms with van der Waals surface area (Å²) in [4.78, 5) is 12.7. The van der Waals surface area contributed by atoms with E-state index in [4.69, 9.17) is 16.3 Å². The Labute approximate surface area is 172 Å². The number of hydrogen-bond acceptors (Lipinski definition) is 3. The number of nitrogens with zero attached hydrogens (tertiary/aromatic N) is 2. The van der Waals surface area contributed by atoms with E-state index in [0.717, 1.165) is 17.7 Å². The molecule has 0 bridgehead atoms. The van der Waals surface area contributed by atoms with Gasteiger partial charge in [-0.05, 0) is 31.5 Å². The van der Waals surface area contributed by atoms with E-state index >= 15 is 0 Å². The van der Waals surface area contributed by atoms with Gasteiger partial charge in [0, 0.05) is 6.07 Å². The van der Waals surface area contributed by atoms with Crippen LogP contribution in [0.3, 0.4) is 0 Å². The zero-order valence-corrected chi connectivity index (χ0v) is 16.7. The third-order valence-corrected chi connectivity index (χ3v) is 4.61. The zero-order chi connectivity index (χ0) is 21.0. The Kier molecular flexibility index (Phi) is 6.49. The number of nitrogens with one attached hydrogen (secondary N) is 1. The number of aromatic nitrogens is 2. The van der Waals surface area contributed by atoms with Crippen LogP contribution in [0.15, 0.2) is 48.5 Å². The second-order valence-electron chi connectivity index (χ2n) is 6.65. The van der Waals surface area contributed by atoms with Gasteiger partial charge in [-0.25, -0.2) is 13.5 Å². The molecule has 0 spiro atoms. The number of carbonyl (C=O) groups excluding carboxylic acids is 1. The van der Waals surface area contributed by atoms with E-state index in [9.17, 15) is 13.6 Å². The number of amides is 1. The fourth-order valence-corrected chi connectivity index (χ4v) is 3.14. The number of hydrogen-bond donors (Lipinski definition) is 1. The first-order valence-corrected chi connectivity index (χ1v) is 9.38. The average molecular weight is 420 g/mol. The lowest BCUT2D eigenvalue weighted by molar-refractivity contribution is 0.0925. The Morgan fingerprint density at radius 2 is 1.97 bits per heavy atom. The van der Waals surface area contributed by atoms with Gasteiger partial charge in [0.2, 0.25) is 0 Å². The van der Waals surface area contributed by atoms with Crippen molar-refractivity contribution >= 4 is 17.5 Å². The van der Waals surface area contributed by atoms with Crippen molar-refractivity contribution in [3.8, 4) is 5.75 Å². The molecule has 2 aromatic carbocycles. The van der Waals surface area contributed by atoms with Crippen LogP contribution < -0.4 is 10.1 Å². The van der Waals surface area contributed by atoms with Crippen LogP contribution in [0.2, 0.25) is 5.15 Å². The Balaban J connectivity index is 1.64. The van der Waals surface area contributed by atoms with Crippen molar-refractivity contribution in [2.45, 2.75) is 26.4 Å². The number of ether oxygens (including phenoxy) is 1. The Morgan fingerprint density at radius 3 is 2.66 bits per heavy atom. The first-order valence-electron chi connectivity index (χ1n) is 9.00. The maximum absolute atomic E-state index is 13.6. The van der Waals surface area contributed by atoms with Crippen molar-refractivity contribution in [2.24, 2.45) is 0 Å². The van der Waals surface area contributed by atoms with Gasteiger partial charge >= 0.3 is 0 Å². The van der Waals surface area contributed by atoms with E-state index in [1.807, 2.05) is 30.3 Å². The molecule has 5 nitrogen and oxygen atoms in total. The van der Waals surface area contributed by atoms with Crippen LogP contribution in [0, 0.1) is 18.6 Å². The molecule has 152 valence electrons. The molecular weight excluding hydrogens is 400 g/mol. The number of aryl methyl sites for hydroxylation is 1. The van der Waals surface area contributed by atoms with Gasteiger partial charge in [0.1, 0.15) is 17.6 Å². The Morgan fingerprint density at radius 1 is 1.24 bits per heavy atom. The van der Waals surface area contributed by atoms with Gasteiger partial charge in [0.15, 0.2) is 11.6 Å². The normalized spacial score (nSPS) is 11.9. The fraction of sp³-hybridized carbons (Fsp3) is 0.238. The van der Waals surface area contributed by atoms with E-state index in [-0.39, 0.29) is 23.1 Å². The first-order chi connectivity index (χ1) is 13.8. The summed E-state index contributed by atoms with van der Waals surface area (Å²) in [6.07, 6.45) is 0. The minimum absolute atomic E-state index is 0.00309. The van der Waals surface area contributed by atoms with Crippen LogP contribution in [0.4, 0.5) is 8.78 Å². The smallest absolute Gasteiger partial charge is 0.256 e. The third kappa shape index (κ3) is 5.12. The van der Waals surface area contributed by atoms with Crippen LogP contribution in [0.1, 0.15) is 28.5 Å². The van der Waals surface area contributed by atoms with E-state index in [1.165, 1.54) is 6.07 Å². The van der Waals surface area contributed by atoms with Gasteiger partial charge in [-0.1, -0.05) is 41.9 Å². The summed E-state index contributed by atoms with van der Waals surface area (Å²) in [5, 5.41) is 7.35. The van der Waals surface area contributed by atoms with Crippen molar-refractivity contribution < 1.29 is 18.3 Å². The van der Waals surface area contributed by atoms with E-state index < -0.39 is 23.6 Å². The summed E-state index contributed by atoms with van der Waals surface area (Å²) in [6, 6.07) is 12.2. The van der Waals surface area contributed by atoms with E-state index in [2.05, 4.69) is 10.4 Å². The third-order valence-electron chi connectivity index (χ3n) is 4.23. The zero-order valence-electron chi connectivity index (χ0n) is 16.0. The van der Waals surface area contributed by atoms with Gasteiger partial charge in [0.05, 0.1) is 23.8 Å². The summed E-state index contributed by atoms with van der Waals surface area (Å²) in [6.45, 7) is 3.85. The molecule has 1 N–H and O–H groups in total. The standard InChI is InChI=1S/C21H20ClF2N3O2/c1-13(12-29-18-9-8-16(23)10-17(18)24)25-21(28)19-14(2)26-27(20(19)22)11-15-6-4-3-5-7-15/h3-10,13H,11-12H2,1-2H3,(H,25,28)/t13-/m1/s1. The fourth-order valence-electron chi connectivity index (χ4n) is 2.82. The van der Waals surface area contributed by atoms with Crippen molar-refractivity contribution in [2.75, 3.05) is 6.61 Å². The lowest BCUT2D eigenvalue weighted by atomic mass is 10.2. The molecular formula is C21H20ClF2N3O2. The molecule has 0 aliphatic rings. The second-order valence-corrected chi connectivity index (χ2v) is 7.01. The Hall–Kier alpha value is -2.93. The number of carbonyl (C=O) groups is 1. The molecule has 3 aromatic rings. The highest BCUT2D eigenvalue weighted by atomic mass is 35.5. The number of halogens is 3. The molecule has 1 amide bonds. The highest BCUT2D eigenvalue weighted by Crippen LogP contribution is 2.21. The van der Waals surface area contributed by atoms with Crippen molar-refractivity contribution in [1.29, 1.82) is 0 Å². The predicted octanol–water partition coefficient (Wildman–Crippen LogP) is 4.37. The molecule has 8 heteroatoms. The molecule has 0 aliphatic heterocycles. The topological polar surface area (TPSA) is 56.2 Å². The van der Waals surface area contributed by atoms with Gasteiger partial charge < -0.3 is 10.1 Å². The number of benzene rings is 2. The SMILES string of the molecule is Cc1nn(Cc2ccccc2)c(Cl)c1C(=O)N[C@H](C)COc1ccc(F)cc1F. The summed E-state index contributed by atoms with van der Waals surface area (Å²) >= 11 is 6.39. The van der Waals surface area contributed by atoms with E-state index in [1.54, 1.807) is 18.5 Å². The molecule has 0 saturated heterocycles. The monoisotopic (exact) mass is 419 g/mol. The molecule has 3 rings (SSSR count). The van der Waals surface area contributed by atoms with Crippen LogP contribution in [0.5, 0.6) is 5.75 Å². The van der Waals surface area contributed by atoms with Crippen molar-refractivity contribution in [1.82, 2.24) is 15.1 Å². The van der Waals surface area contributed by atoms with E-state index in [0.29, 0.717) is 12.2 Å². The predicted molar refractivity (Wildman–Crippen MR) is 106 cm³/mol. The minimum atomic E-state index is -0.801. The summed E-state index contributed by atoms with van der Waals surface area (Å²) in [5.41, 5.74) is 1.79. The molecule has 0 fully saturated rings. The molecule has 1 atom stereocenters. The molecule has 0 saturated carbocycles. The highest BCUT2D eigenvalue weighted by molar-refractivity contribution is 6.33. The summed E-state index contributed by atoms with van der Waals surface area (Å²) in [7, 11) is 0. The molecule has 0 aliphatic carbocycles. The lowest BCUT2D eigenvalue weighted by Gasteiger charge is -2.15. The van der Waals surface area contributed by atoms with Crippen LogP contribution in [-0.4, -0.2) is 28.3 Å². The van der Waals surface area contributed by atoms with Gasteiger partial charge in [-0.15, -0.1) is 0 Å². The van der Waals surface area contributed by atoms with Gasteiger partial charge in [0.25, 0.3) is 5.91 Å². The lowest BCUT2D eigenvalue weighted by Crippen LogP contribution is -2.37. The van der Waals surface area contributed by atoms with Crippen molar-refractivity contribution in [3.63, 3.8) is 0 Å². The largest absolute Gasteiger partial charge is 0.488 e. The summed E-state index contributed by atoms with van der Waals surface area (Å²) in [5.74, 6) is -1.97. The first kappa shape index (κ1) is 20.8.